The van der Waals surface area contributed by atoms with E-state index in [2.05, 4.69) is 26.2 Å². The zero-order chi connectivity index (χ0) is 16.1. The smallest absolute Gasteiger partial charge is 0.161 e. The van der Waals surface area contributed by atoms with Crippen LogP contribution in [0, 0.1) is 5.82 Å². The Hall–Kier alpha value is -1.75. The molecule has 1 heterocycles. The number of halogens is 2. The zero-order valence-corrected chi connectivity index (χ0v) is 14.3. The number of fused-ring (bicyclic) bond motifs is 5. The summed E-state index contributed by atoms with van der Waals surface area (Å²) in [6.07, 6.45) is 5.11. The Morgan fingerprint density at radius 2 is 2.04 bits per heavy atom. The Bertz CT molecular complexity index is 821. The SMILES string of the molecule is CC(=O)c1cnc(Nc2ccc(F)c(Br)c2)c2c1C1CCC2C1. The number of pyridine rings is 1. The molecular formula is C18H16BrFN2O. The number of rotatable bonds is 3. The Kier molecular flexibility index (Phi) is 3.48. The van der Waals surface area contributed by atoms with E-state index in [4.69, 9.17) is 0 Å². The molecule has 2 bridgehead atoms. The highest BCUT2D eigenvalue weighted by Crippen LogP contribution is 2.56. The molecule has 1 saturated carbocycles. The highest BCUT2D eigenvalue weighted by Gasteiger charge is 2.41. The third kappa shape index (κ3) is 2.38. The number of hydrogen-bond donors (Lipinski definition) is 1. The Morgan fingerprint density at radius 1 is 1.30 bits per heavy atom. The highest BCUT2D eigenvalue weighted by molar-refractivity contribution is 9.10. The zero-order valence-electron chi connectivity index (χ0n) is 12.7. The van der Waals surface area contributed by atoms with Gasteiger partial charge in [-0.2, -0.15) is 0 Å². The number of ketones is 1. The van der Waals surface area contributed by atoms with Gasteiger partial charge in [0.1, 0.15) is 11.6 Å². The Morgan fingerprint density at radius 3 is 2.74 bits per heavy atom. The summed E-state index contributed by atoms with van der Waals surface area (Å²) in [6.45, 7) is 1.60. The second-order valence-corrected chi connectivity index (χ2v) is 7.22. The van der Waals surface area contributed by atoms with Crippen molar-refractivity contribution in [1.29, 1.82) is 0 Å². The van der Waals surface area contributed by atoms with Crippen molar-refractivity contribution in [3.05, 3.63) is 51.4 Å². The van der Waals surface area contributed by atoms with Gasteiger partial charge in [-0.15, -0.1) is 0 Å². The molecule has 5 heteroatoms. The van der Waals surface area contributed by atoms with E-state index >= 15 is 0 Å². The van der Waals surface area contributed by atoms with Gasteiger partial charge >= 0.3 is 0 Å². The fourth-order valence-electron chi connectivity index (χ4n) is 3.99. The van der Waals surface area contributed by atoms with Gasteiger partial charge in [0.05, 0.1) is 4.47 Å². The molecule has 0 amide bonds. The molecule has 2 atom stereocenters. The van der Waals surface area contributed by atoms with E-state index in [1.54, 1.807) is 25.3 Å². The molecule has 23 heavy (non-hydrogen) atoms. The summed E-state index contributed by atoms with van der Waals surface area (Å²) in [6, 6.07) is 4.82. The maximum absolute atomic E-state index is 13.4. The minimum atomic E-state index is -0.292. The average molecular weight is 375 g/mol. The van der Waals surface area contributed by atoms with E-state index in [0.717, 1.165) is 36.3 Å². The predicted octanol–water partition coefficient (Wildman–Crippen LogP) is 5.29. The van der Waals surface area contributed by atoms with Gasteiger partial charge in [0.2, 0.25) is 0 Å². The summed E-state index contributed by atoms with van der Waals surface area (Å²) >= 11 is 3.21. The van der Waals surface area contributed by atoms with Gasteiger partial charge < -0.3 is 5.32 Å². The number of nitrogens with zero attached hydrogens (tertiary/aromatic N) is 1. The molecule has 1 aromatic heterocycles. The van der Waals surface area contributed by atoms with Crippen LogP contribution in [0.2, 0.25) is 0 Å². The first-order chi connectivity index (χ1) is 11.0. The van der Waals surface area contributed by atoms with Crippen LogP contribution >= 0.6 is 15.9 Å². The maximum atomic E-state index is 13.4. The molecule has 2 aromatic rings. The number of aromatic nitrogens is 1. The monoisotopic (exact) mass is 374 g/mol. The first-order valence-corrected chi connectivity index (χ1v) is 8.59. The first kappa shape index (κ1) is 14.8. The van der Waals surface area contributed by atoms with E-state index < -0.39 is 0 Å². The molecule has 1 fully saturated rings. The standard InChI is InChI=1S/C18H16BrFN2O/c1-9(23)13-8-21-18(17-11-3-2-10(6-11)16(13)17)22-12-4-5-15(20)14(19)7-12/h4-5,7-8,10-11H,2-3,6H2,1H3,(H,21,22). The number of carbonyl (C=O) groups excluding carboxylic acids is 1. The van der Waals surface area contributed by atoms with E-state index in [1.165, 1.54) is 17.2 Å². The lowest BCUT2D eigenvalue weighted by Gasteiger charge is -2.21. The molecule has 2 unspecified atom stereocenters. The highest BCUT2D eigenvalue weighted by atomic mass is 79.9. The molecule has 0 saturated heterocycles. The fourth-order valence-corrected chi connectivity index (χ4v) is 4.37. The van der Waals surface area contributed by atoms with Crippen molar-refractivity contribution >= 4 is 33.2 Å². The molecule has 3 nitrogen and oxygen atoms in total. The van der Waals surface area contributed by atoms with Crippen molar-refractivity contribution in [1.82, 2.24) is 4.98 Å². The number of anilines is 2. The van der Waals surface area contributed by atoms with Gasteiger partial charge in [-0.1, -0.05) is 0 Å². The lowest BCUT2D eigenvalue weighted by atomic mass is 9.88. The van der Waals surface area contributed by atoms with E-state index in [0.29, 0.717) is 16.3 Å². The van der Waals surface area contributed by atoms with Crippen LogP contribution in [-0.4, -0.2) is 10.8 Å². The summed E-state index contributed by atoms with van der Waals surface area (Å²) < 4.78 is 13.8. The maximum Gasteiger partial charge on any atom is 0.161 e. The lowest BCUT2D eigenvalue weighted by Crippen LogP contribution is -2.10. The molecule has 0 aliphatic heterocycles. The number of carbonyl (C=O) groups is 1. The van der Waals surface area contributed by atoms with Gasteiger partial charge in [0.25, 0.3) is 0 Å². The van der Waals surface area contributed by atoms with Crippen molar-refractivity contribution in [2.24, 2.45) is 0 Å². The van der Waals surface area contributed by atoms with Gasteiger partial charge in [-0.25, -0.2) is 9.37 Å². The molecule has 4 rings (SSSR count). The number of nitrogens with one attached hydrogen (secondary N) is 1. The van der Waals surface area contributed by atoms with Crippen molar-refractivity contribution < 1.29 is 9.18 Å². The number of benzene rings is 1. The van der Waals surface area contributed by atoms with Gasteiger partial charge in [-0.3, -0.25) is 4.79 Å². The molecule has 2 aliphatic rings. The molecular weight excluding hydrogens is 359 g/mol. The molecule has 118 valence electrons. The first-order valence-electron chi connectivity index (χ1n) is 7.80. The van der Waals surface area contributed by atoms with Crippen LogP contribution in [0.25, 0.3) is 0 Å². The average Bonchev–Trinajstić information content (AvgIpc) is 3.13. The second kappa shape index (κ2) is 5.41. The molecule has 0 spiro atoms. The van der Waals surface area contributed by atoms with Crippen LogP contribution in [0.4, 0.5) is 15.9 Å². The Balaban J connectivity index is 1.78. The molecule has 1 N–H and O–H groups in total. The Labute approximate surface area is 142 Å². The second-order valence-electron chi connectivity index (χ2n) is 6.36. The van der Waals surface area contributed by atoms with Crippen LogP contribution in [0.1, 0.15) is 59.5 Å². The van der Waals surface area contributed by atoms with Gasteiger partial charge in [0, 0.05) is 23.0 Å². The minimum Gasteiger partial charge on any atom is -0.340 e. The third-order valence-electron chi connectivity index (χ3n) is 4.97. The quantitative estimate of drug-likeness (QED) is 0.741. The van der Waals surface area contributed by atoms with E-state index in [9.17, 15) is 9.18 Å². The third-order valence-corrected chi connectivity index (χ3v) is 5.58. The number of Topliss-reactive ketones (excluding diaryl/α,β-unsaturated/α-hetero) is 1. The van der Waals surface area contributed by atoms with Crippen LogP contribution in [0.5, 0.6) is 0 Å². The van der Waals surface area contributed by atoms with Crippen LogP contribution in [0.3, 0.4) is 0 Å². The minimum absolute atomic E-state index is 0.0809. The summed E-state index contributed by atoms with van der Waals surface area (Å²) in [7, 11) is 0. The van der Waals surface area contributed by atoms with Gasteiger partial charge in [0.15, 0.2) is 5.78 Å². The largest absolute Gasteiger partial charge is 0.340 e. The summed E-state index contributed by atoms with van der Waals surface area (Å²) in [4.78, 5) is 16.4. The normalized spacial score (nSPS) is 21.3. The van der Waals surface area contributed by atoms with Crippen molar-refractivity contribution in [2.45, 2.75) is 38.0 Å². The summed E-state index contributed by atoms with van der Waals surface area (Å²) in [5.74, 6) is 1.55. The number of hydrogen-bond acceptors (Lipinski definition) is 3. The van der Waals surface area contributed by atoms with E-state index in [1.807, 2.05) is 0 Å². The fraction of sp³-hybridized carbons (Fsp3) is 0.333. The van der Waals surface area contributed by atoms with Crippen LogP contribution < -0.4 is 5.32 Å². The summed E-state index contributed by atoms with van der Waals surface area (Å²) in [5.41, 5.74) is 3.92. The van der Waals surface area contributed by atoms with E-state index in [-0.39, 0.29) is 11.6 Å². The van der Waals surface area contributed by atoms with Crippen molar-refractivity contribution in [3.63, 3.8) is 0 Å². The van der Waals surface area contributed by atoms with Crippen LogP contribution in [0.15, 0.2) is 28.9 Å². The predicted molar refractivity (Wildman–Crippen MR) is 91.0 cm³/mol. The molecule has 2 aliphatic carbocycles. The molecule has 1 aromatic carbocycles. The van der Waals surface area contributed by atoms with Crippen molar-refractivity contribution in [2.75, 3.05) is 5.32 Å². The lowest BCUT2D eigenvalue weighted by molar-refractivity contribution is 0.101. The molecule has 0 radical (unpaired) electrons. The van der Waals surface area contributed by atoms with Crippen LogP contribution in [-0.2, 0) is 0 Å². The summed E-state index contributed by atoms with van der Waals surface area (Å²) in [5, 5.41) is 3.30. The van der Waals surface area contributed by atoms with Gasteiger partial charge in [-0.05, 0) is 77.7 Å². The van der Waals surface area contributed by atoms with Crippen molar-refractivity contribution in [3.8, 4) is 0 Å². The topological polar surface area (TPSA) is 42.0 Å².